The molecule has 1 aromatic heterocycles. The van der Waals surface area contributed by atoms with Crippen LogP contribution in [0.15, 0.2) is 67.5 Å². The number of rotatable bonds is 5. The lowest BCUT2D eigenvalue weighted by molar-refractivity contribution is 0.120. The summed E-state index contributed by atoms with van der Waals surface area (Å²) in [5.74, 6) is 1.16. The predicted molar refractivity (Wildman–Crippen MR) is 122 cm³/mol. The van der Waals surface area contributed by atoms with Gasteiger partial charge in [-0.1, -0.05) is 42.1 Å². The van der Waals surface area contributed by atoms with Crippen LogP contribution in [0.4, 0.5) is 5.88 Å². The Hall–Kier alpha value is -2.52. The summed E-state index contributed by atoms with van der Waals surface area (Å²) >= 11 is 1.70. The van der Waals surface area contributed by atoms with Gasteiger partial charge in [-0.05, 0) is 29.1 Å². The average molecular weight is 433 g/mol. The number of nitrogens with two attached hydrogens (primary N) is 1. The zero-order valence-electron chi connectivity index (χ0n) is 17.0. The molecule has 31 heavy (non-hydrogen) atoms. The van der Waals surface area contributed by atoms with Gasteiger partial charge >= 0.3 is 7.48 Å². The average Bonchev–Trinajstić information content (AvgIpc) is 2.81. The Morgan fingerprint density at radius 3 is 2.81 bits per heavy atom. The van der Waals surface area contributed by atoms with Gasteiger partial charge in [0.15, 0.2) is 11.3 Å². The van der Waals surface area contributed by atoms with Crippen LogP contribution in [0.3, 0.4) is 0 Å². The SMILES string of the molecule is NCO[B]c1ccc(-c2cc(=O)cc(N3CCOCC3)o2)c2c1Cc1ccccc1S2. The first-order valence-corrected chi connectivity index (χ1v) is 11.1. The third-order valence-electron chi connectivity index (χ3n) is 5.50. The maximum Gasteiger partial charge on any atom is 0.332 e. The van der Waals surface area contributed by atoms with E-state index >= 15 is 0 Å². The number of fused-ring (bicyclic) bond motifs is 2. The summed E-state index contributed by atoms with van der Waals surface area (Å²) in [6, 6.07) is 15.5. The second-order valence-corrected chi connectivity index (χ2v) is 8.49. The van der Waals surface area contributed by atoms with Crippen molar-refractivity contribution in [3.05, 3.63) is 69.9 Å². The van der Waals surface area contributed by atoms with E-state index in [2.05, 4.69) is 23.1 Å². The largest absolute Gasteiger partial charge is 0.440 e. The van der Waals surface area contributed by atoms with Crippen molar-refractivity contribution in [2.45, 2.75) is 16.2 Å². The summed E-state index contributed by atoms with van der Waals surface area (Å²) in [7, 11) is 1.71. The van der Waals surface area contributed by atoms with E-state index in [1.165, 1.54) is 10.5 Å². The van der Waals surface area contributed by atoms with Crippen LogP contribution in [0.25, 0.3) is 11.3 Å². The van der Waals surface area contributed by atoms with Crippen LogP contribution in [-0.2, 0) is 15.8 Å². The third kappa shape index (κ3) is 4.16. The second kappa shape index (κ2) is 8.92. The molecule has 1 fully saturated rings. The maximum atomic E-state index is 12.5. The van der Waals surface area contributed by atoms with E-state index < -0.39 is 0 Å². The number of anilines is 1. The molecule has 157 valence electrons. The van der Waals surface area contributed by atoms with E-state index in [0.29, 0.717) is 37.9 Å². The summed E-state index contributed by atoms with van der Waals surface area (Å²) < 4.78 is 17.1. The van der Waals surface area contributed by atoms with E-state index in [0.717, 1.165) is 27.9 Å². The number of morpholine rings is 1. The zero-order valence-corrected chi connectivity index (χ0v) is 17.8. The number of hydrogen-bond donors (Lipinski definition) is 1. The highest BCUT2D eigenvalue weighted by Gasteiger charge is 2.24. The quantitative estimate of drug-likeness (QED) is 0.383. The van der Waals surface area contributed by atoms with E-state index in [-0.39, 0.29) is 12.2 Å². The van der Waals surface area contributed by atoms with Gasteiger partial charge < -0.3 is 24.4 Å². The predicted octanol–water partition coefficient (Wildman–Crippen LogP) is 2.38. The first-order valence-electron chi connectivity index (χ1n) is 10.3. The molecule has 0 saturated carbocycles. The molecule has 6 nitrogen and oxygen atoms in total. The molecule has 0 spiro atoms. The van der Waals surface area contributed by atoms with Gasteiger partial charge in [-0.2, -0.15) is 0 Å². The fourth-order valence-corrected chi connectivity index (χ4v) is 5.20. The fourth-order valence-electron chi connectivity index (χ4n) is 3.97. The summed E-state index contributed by atoms with van der Waals surface area (Å²) in [6.45, 7) is 2.79. The standard InChI is InChI=1S/C23H22BN2O4S/c25-14-29-24-19-6-5-17(23-18(19)11-15-3-1-2-4-21(15)31-23)20-12-16(27)13-22(30-20)26-7-9-28-10-8-26/h1-6,12-13H,7-11,14,25H2. The lowest BCUT2D eigenvalue weighted by atomic mass is 9.80. The summed E-state index contributed by atoms with van der Waals surface area (Å²) in [5.41, 5.74) is 9.77. The Balaban J connectivity index is 1.60. The minimum absolute atomic E-state index is 0.0696. The molecule has 0 atom stereocenters. The second-order valence-electron chi connectivity index (χ2n) is 7.44. The molecule has 2 aromatic carbocycles. The van der Waals surface area contributed by atoms with Gasteiger partial charge in [0.25, 0.3) is 0 Å². The molecule has 0 unspecified atom stereocenters. The van der Waals surface area contributed by atoms with Crippen LogP contribution in [0.2, 0.25) is 0 Å². The van der Waals surface area contributed by atoms with Crippen molar-refractivity contribution in [1.82, 2.24) is 0 Å². The number of benzene rings is 2. The van der Waals surface area contributed by atoms with Gasteiger partial charge in [0.2, 0.25) is 0 Å². The minimum atomic E-state index is -0.0696. The molecule has 2 aliphatic rings. The van der Waals surface area contributed by atoms with Crippen molar-refractivity contribution >= 4 is 30.6 Å². The molecule has 3 heterocycles. The van der Waals surface area contributed by atoms with Crippen molar-refractivity contribution in [3.63, 3.8) is 0 Å². The molecular weight excluding hydrogens is 411 g/mol. The van der Waals surface area contributed by atoms with Gasteiger partial charge in [0.1, 0.15) is 5.76 Å². The van der Waals surface area contributed by atoms with Crippen molar-refractivity contribution in [3.8, 4) is 11.3 Å². The molecule has 5 rings (SSSR count). The van der Waals surface area contributed by atoms with Crippen molar-refractivity contribution in [1.29, 1.82) is 0 Å². The van der Waals surface area contributed by atoms with Crippen molar-refractivity contribution < 1.29 is 13.8 Å². The monoisotopic (exact) mass is 433 g/mol. The van der Waals surface area contributed by atoms with Crippen LogP contribution in [0.5, 0.6) is 0 Å². The van der Waals surface area contributed by atoms with Gasteiger partial charge in [-0.3, -0.25) is 4.79 Å². The Bertz CT molecular complexity index is 1160. The topological polar surface area (TPSA) is 77.9 Å². The smallest absolute Gasteiger partial charge is 0.332 e. The third-order valence-corrected chi connectivity index (χ3v) is 6.79. The van der Waals surface area contributed by atoms with Crippen molar-refractivity contribution in [2.75, 3.05) is 37.9 Å². The van der Waals surface area contributed by atoms with Gasteiger partial charge in [-0.25, -0.2) is 0 Å². The Labute approximate surface area is 185 Å². The highest BCUT2D eigenvalue weighted by Crippen LogP contribution is 2.44. The molecule has 0 bridgehead atoms. The number of hydrogen-bond acceptors (Lipinski definition) is 7. The summed E-state index contributed by atoms with van der Waals surface area (Å²) in [5, 5.41) is 0. The molecule has 2 aliphatic heterocycles. The lowest BCUT2D eigenvalue weighted by Gasteiger charge is -2.28. The van der Waals surface area contributed by atoms with Gasteiger partial charge in [0.05, 0.1) is 19.9 Å². The van der Waals surface area contributed by atoms with Gasteiger partial charge in [-0.15, -0.1) is 0 Å². The van der Waals surface area contributed by atoms with E-state index in [1.54, 1.807) is 31.4 Å². The summed E-state index contributed by atoms with van der Waals surface area (Å²) in [4.78, 5) is 16.9. The van der Waals surface area contributed by atoms with Crippen LogP contribution in [0, 0.1) is 0 Å². The maximum absolute atomic E-state index is 12.5. The highest BCUT2D eigenvalue weighted by molar-refractivity contribution is 7.99. The Morgan fingerprint density at radius 2 is 1.97 bits per heavy atom. The first kappa shape index (κ1) is 20.4. The van der Waals surface area contributed by atoms with E-state index in [4.69, 9.17) is 19.5 Å². The minimum Gasteiger partial charge on any atom is -0.440 e. The van der Waals surface area contributed by atoms with Crippen LogP contribution in [0.1, 0.15) is 11.1 Å². The van der Waals surface area contributed by atoms with Gasteiger partial charge in [0, 0.05) is 40.6 Å². The molecular formula is C23H22BN2O4S. The normalized spacial score (nSPS) is 15.3. The highest BCUT2D eigenvalue weighted by atomic mass is 32.2. The zero-order chi connectivity index (χ0) is 21.2. The van der Waals surface area contributed by atoms with Crippen LogP contribution >= 0.6 is 11.8 Å². The van der Waals surface area contributed by atoms with Crippen LogP contribution in [-0.4, -0.2) is 40.5 Å². The van der Waals surface area contributed by atoms with E-state index in [9.17, 15) is 4.79 Å². The van der Waals surface area contributed by atoms with E-state index in [1.807, 2.05) is 18.2 Å². The molecule has 2 N–H and O–H groups in total. The van der Waals surface area contributed by atoms with Crippen molar-refractivity contribution in [2.24, 2.45) is 5.73 Å². The van der Waals surface area contributed by atoms with Crippen LogP contribution < -0.4 is 21.5 Å². The molecule has 0 amide bonds. The summed E-state index contributed by atoms with van der Waals surface area (Å²) in [6.07, 6.45) is 0.777. The Morgan fingerprint density at radius 1 is 1.13 bits per heavy atom. The molecule has 1 saturated heterocycles. The fraction of sp³-hybridized carbons (Fsp3) is 0.261. The molecule has 0 aliphatic carbocycles. The Kier molecular flexibility index (Phi) is 5.87. The molecule has 1 radical (unpaired) electrons. The number of ether oxygens (including phenoxy) is 1. The molecule has 8 heteroatoms. The number of nitrogens with zero attached hydrogens (tertiary/aromatic N) is 1. The first-order chi connectivity index (χ1) is 15.2. The lowest BCUT2D eigenvalue weighted by Crippen LogP contribution is -2.36. The molecule has 3 aromatic rings.